The van der Waals surface area contributed by atoms with Crippen molar-refractivity contribution < 1.29 is 22.5 Å². The van der Waals surface area contributed by atoms with Crippen LogP contribution in [0.25, 0.3) is 0 Å². The maximum atomic E-state index is 12.0. The number of benzene rings is 1. The number of rotatable bonds is 5. The third-order valence-corrected chi connectivity index (χ3v) is 3.49. The number of hydrogen-bond acceptors (Lipinski definition) is 6. The van der Waals surface area contributed by atoms with E-state index in [1.165, 1.54) is 31.4 Å². The number of sulfonamides is 1. The van der Waals surface area contributed by atoms with Crippen LogP contribution in [0.4, 0.5) is 5.69 Å². The summed E-state index contributed by atoms with van der Waals surface area (Å²) in [6, 6.07) is 7.20. The summed E-state index contributed by atoms with van der Waals surface area (Å²) < 4.78 is 32.6. The molecular weight excluding hydrogens is 298 g/mol. The summed E-state index contributed by atoms with van der Waals surface area (Å²) in [7, 11) is -2.47. The summed E-state index contributed by atoms with van der Waals surface area (Å²) in [5, 5.41) is 11.1. The lowest BCUT2D eigenvalue weighted by Gasteiger charge is -2.07. The number of nitrogens with two attached hydrogens (primary N) is 1. The second-order valence-electron chi connectivity index (χ2n) is 4.11. The van der Waals surface area contributed by atoms with Gasteiger partial charge in [0, 0.05) is 13.2 Å². The molecule has 0 saturated heterocycles. The van der Waals surface area contributed by atoms with Gasteiger partial charge in [0.15, 0.2) is 11.5 Å². The van der Waals surface area contributed by atoms with Crippen molar-refractivity contribution in [3.8, 4) is 0 Å². The minimum Gasteiger partial charge on any atom is -0.377 e. The van der Waals surface area contributed by atoms with Crippen LogP contribution < -0.4 is 10.5 Å². The summed E-state index contributed by atoms with van der Waals surface area (Å²) in [4.78, 5) is 11.8. The van der Waals surface area contributed by atoms with Crippen LogP contribution in [0.3, 0.4) is 0 Å². The average molecular weight is 311 g/mol. The fraction of sp³-hybridized carbons (Fsp3) is 0.167. The van der Waals surface area contributed by atoms with Gasteiger partial charge >= 0.3 is 0 Å². The Bertz CT molecular complexity index is 754. The second kappa shape index (κ2) is 6.04. The number of carbonyl (C=O) groups excluding carboxylic acids is 1. The van der Waals surface area contributed by atoms with E-state index in [1.54, 1.807) is 6.07 Å². The molecule has 9 heteroatoms. The number of amides is 1. The highest BCUT2D eigenvalue weighted by molar-refractivity contribution is 7.89. The highest BCUT2D eigenvalue weighted by atomic mass is 32.2. The molecule has 0 bridgehead atoms. The fourth-order valence-electron chi connectivity index (χ4n) is 1.63. The molecule has 2 rings (SSSR count). The molecule has 0 spiro atoms. The molecule has 1 aromatic carbocycles. The quantitative estimate of drug-likeness (QED) is 0.838. The molecule has 0 radical (unpaired) electrons. The highest BCUT2D eigenvalue weighted by Gasteiger charge is 2.18. The maximum absolute atomic E-state index is 12.0. The highest BCUT2D eigenvalue weighted by Crippen LogP contribution is 2.20. The molecule has 0 aliphatic heterocycles. The first-order valence-electron chi connectivity index (χ1n) is 5.79. The van der Waals surface area contributed by atoms with E-state index in [0.717, 1.165) is 0 Å². The number of nitrogens with one attached hydrogen (secondary N) is 1. The van der Waals surface area contributed by atoms with Gasteiger partial charge in [0.2, 0.25) is 10.0 Å². The van der Waals surface area contributed by atoms with Gasteiger partial charge < -0.3 is 14.6 Å². The number of ether oxygens (including phenoxy) is 1. The maximum Gasteiger partial charge on any atom is 0.277 e. The third kappa shape index (κ3) is 3.66. The zero-order valence-electron chi connectivity index (χ0n) is 11.1. The van der Waals surface area contributed by atoms with E-state index >= 15 is 0 Å². The molecule has 0 unspecified atom stereocenters. The van der Waals surface area contributed by atoms with Gasteiger partial charge in [-0.3, -0.25) is 4.79 Å². The summed E-state index contributed by atoms with van der Waals surface area (Å²) in [6.07, 6.45) is 0. The van der Waals surface area contributed by atoms with Gasteiger partial charge in [-0.05, 0) is 12.1 Å². The van der Waals surface area contributed by atoms with Gasteiger partial charge in [0.05, 0.1) is 5.69 Å². The van der Waals surface area contributed by atoms with E-state index in [2.05, 4.69) is 10.5 Å². The number of para-hydroxylation sites is 1. The van der Waals surface area contributed by atoms with Crippen LogP contribution in [-0.4, -0.2) is 26.6 Å². The predicted molar refractivity (Wildman–Crippen MR) is 73.0 cm³/mol. The van der Waals surface area contributed by atoms with Crippen molar-refractivity contribution in [2.75, 3.05) is 12.4 Å². The van der Waals surface area contributed by atoms with E-state index in [9.17, 15) is 13.2 Å². The Balaban J connectivity index is 2.23. The first kappa shape index (κ1) is 15.2. The third-order valence-electron chi connectivity index (χ3n) is 2.52. The molecule has 0 saturated carbocycles. The van der Waals surface area contributed by atoms with Crippen molar-refractivity contribution in [3.63, 3.8) is 0 Å². The molecular formula is C12H13N3O5S. The molecule has 0 aliphatic rings. The van der Waals surface area contributed by atoms with Gasteiger partial charge in [-0.15, -0.1) is 0 Å². The topological polar surface area (TPSA) is 125 Å². The van der Waals surface area contributed by atoms with Crippen molar-refractivity contribution in [1.82, 2.24) is 5.16 Å². The molecule has 21 heavy (non-hydrogen) atoms. The van der Waals surface area contributed by atoms with Gasteiger partial charge in [-0.25, -0.2) is 13.6 Å². The van der Waals surface area contributed by atoms with Crippen molar-refractivity contribution in [1.29, 1.82) is 0 Å². The monoisotopic (exact) mass is 311 g/mol. The Hall–Kier alpha value is -2.23. The van der Waals surface area contributed by atoms with Crippen LogP contribution in [0.15, 0.2) is 39.8 Å². The smallest absolute Gasteiger partial charge is 0.277 e. The predicted octanol–water partition coefficient (Wildman–Crippen LogP) is 0.721. The lowest BCUT2D eigenvalue weighted by Crippen LogP contribution is -2.18. The number of methoxy groups -OCH3 is 1. The Labute approximate surface area is 120 Å². The van der Waals surface area contributed by atoms with Crippen molar-refractivity contribution >= 4 is 21.6 Å². The number of nitrogens with zero attached hydrogens (tertiary/aromatic N) is 1. The SMILES string of the molecule is COCc1cc(C(=O)Nc2ccccc2S(N)(=O)=O)no1. The zero-order valence-corrected chi connectivity index (χ0v) is 11.9. The first-order valence-corrected chi connectivity index (χ1v) is 7.34. The van der Waals surface area contributed by atoms with Crippen LogP contribution in [0.5, 0.6) is 0 Å². The van der Waals surface area contributed by atoms with E-state index in [-0.39, 0.29) is 22.9 Å². The first-order chi connectivity index (χ1) is 9.91. The van der Waals surface area contributed by atoms with Gasteiger partial charge in [0.1, 0.15) is 11.5 Å². The molecule has 0 atom stereocenters. The Morgan fingerprint density at radius 1 is 1.43 bits per heavy atom. The molecule has 1 aromatic heterocycles. The fourth-order valence-corrected chi connectivity index (χ4v) is 2.33. The largest absolute Gasteiger partial charge is 0.377 e. The van der Waals surface area contributed by atoms with Crippen molar-refractivity contribution in [2.45, 2.75) is 11.5 Å². The molecule has 3 N–H and O–H groups in total. The summed E-state index contributed by atoms with van der Waals surface area (Å²) in [5.41, 5.74) is 0.0764. The summed E-state index contributed by atoms with van der Waals surface area (Å²) >= 11 is 0. The molecule has 0 fully saturated rings. The molecule has 0 aliphatic carbocycles. The second-order valence-corrected chi connectivity index (χ2v) is 5.64. The van der Waals surface area contributed by atoms with Gasteiger partial charge in [-0.2, -0.15) is 0 Å². The number of carbonyl (C=O) groups is 1. The van der Waals surface area contributed by atoms with Gasteiger partial charge in [0.25, 0.3) is 5.91 Å². The van der Waals surface area contributed by atoms with Crippen LogP contribution in [-0.2, 0) is 21.4 Å². The summed E-state index contributed by atoms with van der Waals surface area (Å²) in [6.45, 7) is 0.175. The van der Waals surface area contributed by atoms with Gasteiger partial charge in [-0.1, -0.05) is 17.3 Å². The Morgan fingerprint density at radius 3 is 2.81 bits per heavy atom. The Morgan fingerprint density at radius 2 is 2.14 bits per heavy atom. The molecule has 112 valence electrons. The Kier molecular flexibility index (Phi) is 4.36. The van der Waals surface area contributed by atoms with Crippen molar-refractivity contribution in [3.05, 3.63) is 41.8 Å². The van der Waals surface area contributed by atoms with E-state index in [1.807, 2.05) is 0 Å². The van der Waals surface area contributed by atoms with E-state index < -0.39 is 15.9 Å². The van der Waals surface area contributed by atoms with Crippen LogP contribution in [0.1, 0.15) is 16.2 Å². The van der Waals surface area contributed by atoms with Crippen LogP contribution in [0, 0.1) is 0 Å². The minimum absolute atomic E-state index is 0.00581. The minimum atomic E-state index is -3.94. The van der Waals surface area contributed by atoms with Crippen LogP contribution >= 0.6 is 0 Å². The normalized spacial score (nSPS) is 11.3. The van der Waals surface area contributed by atoms with Crippen LogP contribution in [0.2, 0.25) is 0 Å². The molecule has 8 nitrogen and oxygen atoms in total. The van der Waals surface area contributed by atoms with E-state index in [0.29, 0.717) is 5.76 Å². The standard InChI is InChI=1S/C12H13N3O5S/c1-19-7-8-6-10(15-20-8)12(16)14-9-4-2-3-5-11(9)21(13,17)18/h2-6H,7H2,1H3,(H,14,16)(H2,13,17,18). The van der Waals surface area contributed by atoms with E-state index in [4.69, 9.17) is 14.4 Å². The summed E-state index contributed by atoms with van der Waals surface area (Å²) in [5.74, 6) is -0.236. The number of aromatic nitrogens is 1. The lowest BCUT2D eigenvalue weighted by molar-refractivity contribution is 0.101. The molecule has 1 amide bonds. The lowest BCUT2D eigenvalue weighted by atomic mass is 10.3. The zero-order chi connectivity index (χ0) is 15.5. The number of anilines is 1. The van der Waals surface area contributed by atoms with Crippen molar-refractivity contribution in [2.24, 2.45) is 5.14 Å². The number of primary sulfonamides is 1. The number of hydrogen-bond donors (Lipinski definition) is 2. The molecule has 1 heterocycles. The average Bonchev–Trinajstić information content (AvgIpc) is 2.87. The molecule has 2 aromatic rings.